The van der Waals surface area contributed by atoms with Gasteiger partial charge in [0.05, 0.1) is 29.6 Å². The van der Waals surface area contributed by atoms with Gasteiger partial charge in [-0.3, -0.25) is 14.5 Å². The summed E-state index contributed by atoms with van der Waals surface area (Å²) in [5, 5.41) is 2.91. The molecule has 162 valence electrons. The van der Waals surface area contributed by atoms with Gasteiger partial charge in [-0.25, -0.2) is 14.8 Å². The number of amides is 4. The number of nitrogens with zero attached hydrogens (tertiary/aromatic N) is 5. The first-order valence-electron chi connectivity index (χ1n) is 10.1. The summed E-state index contributed by atoms with van der Waals surface area (Å²) in [6.45, 7) is -0.0826. The molecule has 5 rings (SSSR count). The topological polar surface area (TPSA) is 114 Å². The van der Waals surface area contributed by atoms with Gasteiger partial charge in [-0.15, -0.1) is 0 Å². The lowest BCUT2D eigenvalue weighted by atomic mass is 10.1. The van der Waals surface area contributed by atoms with Crippen LogP contribution in [0.4, 0.5) is 10.5 Å². The quantitative estimate of drug-likeness (QED) is 0.653. The molecular weight excluding hydrogens is 410 g/mol. The van der Waals surface area contributed by atoms with Crippen LogP contribution >= 0.6 is 0 Å². The molecular formula is C22H21N7O3. The second-order valence-corrected chi connectivity index (χ2v) is 7.78. The Morgan fingerprint density at radius 2 is 1.84 bits per heavy atom. The predicted molar refractivity (Wildman–Crippen MR) is 119 cm³/mol. The molecule has 0 saturated carbocycles. The Kier molecular flexibility index (Phi) is 4.62. The minimum atomic E-state index is -0.723. The fourth-order valence-electron chi connectivity index (χ4n) is 4.08. The van der Waals surface area contributed by atoms with Crippen LogP contribution in [0.3, 0.4) is 0 Å². The van der Waals surface area contributed by atoms with E-state index in [9.17, 15) is 14.4 Å². The van der Waals surface area contributed by atoms with Gasteiger partial charge in [0.2, 0.25) is 5.91 Å². The summed E-state index contributed by atoms with van der Waals surface area (Å²) in [5.41, 5.74) is 3.09. The van der Waals surface area contributed by atoms with Crippen LogP contribution in [0.5, 0.6) is 0 Å². The molecule has 2 unspecified atom stereocenters. The van der Waals surface area contributed by atoms with Crippen LogP contribution in [0.1, 0.15) is 0 Å². The van der Waals surface area contributed by atoms with Gasteiger partial charge in [-0.1, -0.05) is 24.3 Å². The molecule has 0 spiro atoms. The minimum Gasteiger partial charge on any atom is -0.338 e. The maximum absolute atomic E-state index is 12.9. The largest absolute Gasteiger partial charge is 0.338 e. The van der Waals surface area contributed by atoms with Gasteiger partial charge in [-0.2, -0.15) is 0 Å². The lowest BCUT2D eigenvalue weighted by Crippen LogP contribution is -2.64. The van der Waals surface area contributed by atoms with Crippen LogP contribution in [0, 0.1) is 0 Å². The van der Waals surface area contributed by atoms with Crippen molar-refractivity contribution in [2.45, 2.75) is 12.2 Å². The van der Waals surface area contributed by atoms with Crippen molar-refractivity contribution in [3.05, 3.63) is 48.5 Å². The Morgan fingerprint density at radius 1 is 1.09 bits per heavy atom. The first kappa shape index (κ1) is 19.7. The van der Waals surface area contributed by atoms with Crippen molar-refractivity contribution >= 4 is 40.9 Å². The zero-order valence-corrected chi connectivity index (χ0v) is 17.5. The van der Waals surface area contributed by atoms with E-state index in [1.807, 2.05) is 42.5 Å². The Hall–Kier alpha value is -4.21. The van der Waals surface area contributed by atoms with Crippen LogP contribution in [0.25, 0.3) is 22.4 Å². The Morgan fingerprint density at radius 3 is 2.66 bits per heavy atom. The van der Waals surface area contributed by atoms with Gasteiger partial charge in [0.1, 0.15) is 5.82 Å². The third-order valence-corrected chi connectivity index (χ3v) is 5.75. The van der Waals surface area contributed by atoms with Crippen molar-refractivity contribution in [3.63, 3.8) is 0 Å². The molecule has 3 aromatic rings. The van der Waals surface area contributed by atoms with E-state index >= 15 is 0 Å². The number of carbonyl (C=O) groups is 3. The average molecular weight is 431 g/mol. The molecule has 2 N–H and O–H groups in total. The molecule has 2 aliphatic rings. The number of imidazole rings is 1. The number of para-hydroxylation sites is 3. The molecule has 32 heavy (non-hydrogen) atoms. The molecule has 4 amide bonds. The van der Waals surface area contributed by atoms with Crippen LogP contribution in [0.2, 0.25) is 0 Å². The first-order valence-corrected chi connectivity index (χ1v) is 10.1. The van der Waals surface area contributed by atoms with Gasteiger partial charge >= 0.3 is 6.03 Å². The van der Waals surface area contributed by atoms with Crippen LogP contribution in [-0.2, 0) is 9.59 Å². The Balaban J connectivity index is 1.35. The normalized spacial score (nSPS) is 20.2. The first-order chi connectivity index (χ1) is 15.4. The molecule has 3 heterocycles. The average Bonchev–Trinajstić information content (AvgIpc) is 3.41. The lowest BCUT2D eigenvalue weighted by molar-refractivity contribution is -0.136. The minimum absolute atomic E-state index is 0.0826. The van der Waals surface area contributed by atoms with Crippen LogP contribution in [0.15, 0.2) is 53.5 Å². The predicted octanol–water partition coefficient (Wildman–Crippen LogP) is 1.73. The fourth-order valence-corrected chi connectivity index (χ4v) is 4.08. The summed E-state index contributed by atoms with van der Waals surface area (Å²) in [6, 6.07) is 13.9. The monoisotopic (exact) mass is 431 g/mol. The van der Waals surface area contributed by atoms with Gasteiger partial charge < -0.3 is 20.1 Å². The molecule has 0 aliphatic carbocycles. The maximum atomic E-state index is 12.9. The molecule has 1 saturated heterocycles. The highest BCUT2D eigenvalue weighted by atomic mass is 16.2. The van der Waals surface area contributed by atoms with E-state index in [0.717, 1.165) is 21.5 Å². The molecule has 10 heteroatoms. The molecule has 1 fully saturated rings. The number of aromatic nitrogens is 2. The third-order valence-electron chi connectivity index (χ3n) is 5.75. The highest BCUT2D eigenvalue weighted by molar-refractivity contribution is 6.03. The van der Waals surface area contributed by atoms with E-state index < -0.39 is 18.2 Å². The smallest absolute Gasteiger partial charge is 0.328 e. The highest BCUT2D eigenvalue weighted by Gasteiger charge is 2.48. The number of fused-ring (bicyclic) bond motifs is 2. The zero-order valence-electron chi connectivity index (χ0n) is 17.5. The van der Waals surface area contributed by atoms with Crippen LogP contribution < -0.4 is 5.32 Å². The summed E-state index contributed by atoms with van der Waals surface area (Å²) in [5.74, 6) is -0.0455. The van der Waals surface area contributed by atoms with E-state index in [-0.39, 0.29) is 18.4 Å². The molecule has 0 bridgehead atoms. The zero-order chi connectivity index (χ0) is 22.4. The van der Waals surface area contributed by atoms with Crippen molar-refractivity contribution < 1.29 is 14.4 Å². The molecule has 10 nitrogen and oxygen atoms in total. The number of aliphatic imine (C=N–C) groups is 1. The number of imide groups is 1. The number of hydrogen-bond acceptors (Lipinski definition) is 6. The summed E-state index contributed by atoms with van der Waals surface area (Å²) in [4.78, 5) is 53.8. The van der Waals surface area contributed by atoms with Gasteiger partial charge in [0, 0.05) is 19.7 Å². The number of rotatable bonds is 4. The summed E-state index contributed by atoms with van der Waals surface area (Å²) in [6.07, 6.45) is 0.822. The number of urea groups is 1. The van der Waals surface area contributed by atoms with Crippen LogP contribution in [-0.4, -0.2) is 81.7 Å². The third kappa shape index (κ3) is 3.16. The fraction of sp³-hybridized carbons (Fsp3) is 0.227. The highest BCUT2D eigenvalue weighted by Crippen LogP contribution is 2.28. The summed E-state index contributed by atoms with van der Waals surface area (Å²) >= 11 is 0. The van der Waals surface area contributed by atoms with Crippen molar-refractivity contribution in [1.29, 1.82) is 0 Å². The maximum Gasteiger partial charge on any atom is 0.328 e. The number of H-pyrrole nitrogens is 1. The lowest BCUT2D eigenvalue weighted by Gasteiger charge is -2.39. The van der Waals surface area contributed by atoms with Crippen molar-refractivity contribution in [1.82, 2.24) is 24.7 Å². The van der Waals surface area contributed by atoms with Crippen molar-refractivity contribution in [2.75, 3.05) is 26.0 Å². The standard InChI is InChI=1S/C22H21N7O3/c1-27-20-18(21(31)28(2)22(27)32)29(12-23-20)11-17(30)24-14-8-4-3-7-13(14)19-25-15-9-5-6-10-16(15)26-19/h3-10,12,18,20H,11H2,1-2H3,(H,24,30)(H,25,26). The van der Waals surface area contributed by atoms with Gasteiger partial charge in [-0.05, 0) is 24.3 Å². The molecule has 2 aliphatic heterocycles. The number of aromatic amines is 1. The molecule has 2 atom stereocenters. The molecule has 2 aromatic carbocycles. The van der Waals surface area contributed by atoms with Crippen molar-refractivity contribution in [2.24, 2.45) is 4.99 Å². The van der Waals surface area contributed by atoms with E-state index in [1.165, 1.54) is 18.3 Å². The van der Waals surface area contributed by atoms with E-state index in [2.05, 4.69) is 20.3 Å². The second kappa shape index (κ2) is 7.49. The molecule has 0 radical (unpaired) electrons. The van der Waals surface area contributed by atoms with E-state index in [1.54, 1.807) is 18.0 Å². The summed E-state index contributed by atoms with van der Waals surface area (Å²) in [7, 11) is 3.02. The Bertz CT molecular complexity index is 1230. The number of nitrogens with one attached hydrogen (secondary N) is 2. The number of anilines is 1. The Labute approximate surface area is 183 Å². The molecule has 1 aromatic heterocycles. The van der Waals surface area contributed by atoms with E-state index in [0.29, 0.717) is 11.5 Å². The number of carbonyl (C=O) groups excluding carboxylic acids is 3. The number of likely N-dealkylation sites (N-methyl/N-ethyl adjacent to an activating group) is 2. The van der Waals surface area contributed by atoms with Crippen molar-refractivity contribution in [3.8, 4) is 11.4 Å². The number of benzene rings is 2. The van der Waals surface area contributed by atoms with E-state index in [4.69, 9.17) is 0 Å². The SMILES string of the molecule is CN1C(=O)C2C(N=CN2CC(=O)Nc2ccccc2-c2nc3ccccc3[nH]2)N(C)C1=O. The number of hydrogen-bond donors (Lipinski definition) is 2. The summed E-state index contributed by atoms with van der Waals surface area (Å²) < 4.78 is 0. The van der Waals surface area contributed by atoms with Gasteiger partial charge in [0.15, 0.2) is 12.2 Å². The van der Waals surface area contributed by atoms with Gasteiger partial charge in [0.25, 0.3) is 5.91 Å². The second-order valence-electron chi connectivity index (χ2n) is 7.78.